The Morgan fingerprint density at radius 2 is 2.00 bits per heavy atom. The summed E-state index contributed by atoms with van der Waals surface area (Å²) in [6, 6.07) is 7.39. The number of aliphatic imine (C=N–C) groups is 1. The van der Waals surface area contributed by atoms with Gasteiger partial charge in [-0.1, -0.05) is 23.7 Å². The van der Waals surface area contributed by atoms with E-state index in [1.807, 2.05) is 12.1 Å². The van der Waals surface area contributed by atoms with Crippen LogP contribution >= 0.6 is 11.6 Å². The molecule has 0 saturated heterocycles. The lowest BCUT2D eigenvalue weighted by Gasteiger charge is -2.15. The summed E-state index contributed by atoms with van der Waals surface area (Å²) in [5, 5.41) is 0.683. The predicted molar refractivity (Wildman–Crippen MR) is 62.8 cm³/mol. The minimum absolute atomic E-state index is 0.292. The summed E-state index contributed by atoms with van der Waals surface area (Å²) < 4.78 is 4.96. The fraction of sp³-hybridized carbons (Fsp3) is 0.333. The fourth-order valence-corrected chi connectivity index (χ4v) is 1.90. The summed E-state index contributed by atoms with van der Waals surface area (Å²) in [5.41, 5.74) is 0.222. The highest BCUT2D eigenvalue weighted by Gasteiger charge is 2.40. The minimum atomic E-state index is -0.794. The van der Waals surface area contributed by atoms with Crippen LogP contribution in [-0.2, 0) is 16.0 Å². The molecule has 1 aliphatic heterocycles. The SMILES string of the molecule is CC1=NC(C)(Cc2ccc(Cl)cc2)C(=O)O1. The molecular formula is C12H12ClNO2. The first-order valence-electron chi connectivity index (χ1n) is 5.03. The maximum Gasteiger partial charge on any atom is 0.340 e. The molecule has 84 valence electrons. The Balaban J connectivity index is 2.21. The Bertz CT molecular complexity index is 453. The van der Waals surface area contributed by atoms with Crippen molar-refractivity contribution in [3.8, 4) is 0 Å². The molecule has 0 aromatic heterocycles. The second-order valence-corrected chi connectivity index (χ2v) is 4.53. The van der Waals surface area contributed by atoms with Crippen LogP contribution in [0.1, 0.15) is 19.4 Å². The molecule has 0 N–H and O–H groups in total. The van der Waals surface area contributed by atoms with Gasteiger partial charge in [0.1, 0.15) is 0 Å². The van der Waals surface area contributed by atoms with Crippen LogP contribution in [0.2, 0.25) is 5.02 Å². The van der Waals surface area contributed by atoms with E-state index >= 15 is 0 Å². The van der Waals surface area contributed by atoms with Gasteiger partial charge in [-0.25, -0.2) is 9.79 Å². The van der Waals surface area contributed by atoms with Gasteiger partial charge in [-0.2, -0.15) is 0 Å². The molecule has 1 atom stereocenters. The third-order valence-electron chi connectivity index (χ3n) is 2.55. The normalized spacial score (nSPS) is 24.2. The van der Waals surface area contributed by atoms with Gasteiger partial charge < -0.3 is 4.74 Å². The standard InChI is InChI=1S/C12H12ClNO2/c1-8-14-12(2,11(15)16-8)7-9-3-5-10(13)6-4-9/h3-6H,7H2,1-2H3. The molecular weight excluding hydrogens is 226 g/mol. The van der Waals surface area contributed by atoms with Gasteiger partial charge in [0.15, 0.2) is 11.4 Å². The Kier molecular flexibility index (Phi) is 2.72. The van der Waals surface area contributed by atoms with Crippen LogP contribution in [-0.4, -0.2) is 17.4 Å². The van der Waals surface area contributed by atoms with Gasteiger partial charge in [0.05, 0.1) is 0 Å². The number of ether oxygens (including phenoxy) is 1. The van der Waals surface area contributed by atoms with Crippen molar-refractivity contribution in [3.63, 3.8) is 0 Å². The molecule has 0 bridgehead atoms. The van der Waals surface area contributed by atoms with Crippen molar-refractivity contribution in [1.82, 2.24) is 0 Å². The van der Waals surface area contributed by atoms with Crippen LogP contribution in [0.25, 0.3) is 0 Å². The van der Waals surface area contributed by atoms with Gasteiger partial charge in [-0.15, -0.1) is 0 Å². The lowest BCUT2D eigenvalue weighted by Crippen LogP contribution is -2.32. The van der Waals surface area contributed by atoms with E-state index in [4.69, 9.17) is 16.3 Å². The van der Waals surface area contributed by atoms with Crippen molar-refractivity contribution < 1.29 is 9.53 Å². The van der Waals surface area contributed by atoms with Crippen molar-refractivity contribution in [1.29, 1.82) is 0 Å². The largest absolute Gasteiger partial charge is 0.410 e. The van der Waals surface area contributed by atoms with E-state index in [2.05, 4.69) is 4.99 Å². The first kappa shape index (κ1) is 11.1. The molecule has 0 aliphatic carbocycles. The van der Waals surface area contributed by atoms with Crippen LogP contribution < -0.4 is 0 Å². The van der Waals surface area contributed by atoms with Crippen LogP contribution in [0.3, 0.4) is 0 Å². The van der Waals surface area contributed by atoms with Gasteiger partial charge in [-0.3, -0.25) is 0 Å². The number of cyclic esters (lactones) is 1. The molecule has 16 heavy (non-hydrogen) atoms. The molecule has 1 aromatic carbocycles. The van der Waals surface area contributed by atoms with E-state index in [1.54, 1.807) is 26.0 Å². The average molecular weight is 238 g/mol. The second kappa shape index (κ2) is 3.91. The number of carbonyl (C=O) groups is 1. The zero-order chi connectivity index (χ0) is 11.8. The monoisotopic (exact) mass is 237 g/mol. The number of halogens is 1. The van der Waals surface area contributed by atoms with E-state index < -0.39 is 5.54 Å². The Morgan fingerprint density at radius 1 is 1.38 bits per heavy atom. The smallest absolute Gasteiger partial charge is 0.340 e. The first-order chi connectivity index (χ1) is 7.49. The van der Waals surface area contributed by atoms with Crippen molar-refractivity contribution in [3.05, 3.63) is 34.9 Å². The topological polar surface area (TPSA) is 38.7 Å². The van der Waals surface area contributed by atoms with Crippen LogP contribution in [0.15, 0.2) is 29.3 Å². The van der Waals surface area contributed by atoms with Crippen molar-refractivity contribution >= 4 is 23.5 Å². The predicted octanol–water partition coefficient (Wildman–Crippen LogP) is 2.62. The second-order valence-electron chi connectivity index (χ2n) is 4.10. The number of carbonyl (C=O) groups excluding carboxylic acids is 1. The highest BCUT2D eigenvalue weighted by molar-refractivity contribution is 6.30. The zero-order valence-corrected chi connectivity index (χ0v) is 9.91. The van der Waals surface area contributed by atoms with E-state index in [9.17, 15) is 4.79 Å². The maximum absolute atomic E-state index is 11.6. The third kappa shape index (κ3) is 2.09. The lowest BCUT2D eigenvalue weighted by atomic mass is 9.94. The molecule has 0 radical (unpaired) electrons. The molecule has 1 aliphatic rings. The van der Waals surface area contributed by atoms with Crippen LogP contribution in [0.5, 0.6) is 0 Å². The molecule has 0 fully saturated rings. The summed E-state index contributed by atoms with van der Waals surface area (Å²) in [5.74, 6) is 0.140. The summed E-state index contributed by atoms with van der Waals surface area (Å²) in [6.45, 7) is 3.46. The van der Waals surface area contributed by atoms with Crippen molar-refractivity contribution in [2.24, 2.45) is 4.99 Å². The van der Waals surface area contributed by atoms with Crippen LogP contribution in [0.4, 0.5) is 0 Å². The number of rotatable bonds is 2. The molecule has 1 unspecified atom stereocenters. The molecule has 0 saturated carbocycles. The first-order valence-corrected chi connectivity index (χ1v) is 5.41. The molecule has 0 amide bonds. The number of benzene rings is 1. The molecule has 1 aromatic rings. The summed E-state index contributed by atoms with van der Waals surface area (Å²) in [4.78, 5) is 15.8. The molecule has 2 rings (SSSR count). The van der Waals surface area contributed by atoms with Gasteiger partial charge in [0, 0.05) is 18.4 Å². The fourth-order valence-electron chi connectivity index (χ4n) is 1.77. The van der Waals surface area contributed by atoms with Crippen LogP contribution in [0, 0.1) is 0 Å². The molecule has 0 spiro atoms. The summed E-state index contributed by atoms with van der Waals surface area (Å²) in [6.07, 6.45) is 0.528. The summed E-state index contributed by atoms with van der Waals surface area (Å²) in [7, 11) is 0. The van der Waals surface area contributed by atoms with Crippen molar-refractivity contribution in [2.75, 3.05) is 0 Å². The van der Waals surface area contributed by atoms with Gasteiger partial charge in [-0.05, 0) is 24.6 Å². The number of hydrogen-bond acceptors (Lipinski definition) is 3. The van der Waals surface area contributed by atoms with E-state index in [0.717, 1.165) is 5.56 Å². The number of esters is 1. The van der Waals surface area contributed by atoms with E-state index in [-0.39, 0.29) is 5.97 Å². The van der Waals surface area contributed by atoms with E-state index in [1.165, 1.54) is 0 Å². The number of hydrogen-bond donors (Lipinski definition) is 0. The molecule has 4 heteroatoms. The van der Waals surface area contributed by atoms with E-state index in [0.29, 0.717) is 17.3 Å². The van der Waals surface area contributed by atoms with Gasteiger partial charge >= 0.3 is 5.97 Å². The third-order valence-corrected chi connectivity index (χ3v) is 2.80. The number of nitrogens with zero attached hydrogens (tertiary/aromatic N) is 1. The van der Waals surface area contributed by atoms with Gasteiger partial charge in [0.25, 0.3) is 0 Å². The Morgan fingerprint density at radius 3 is 2.50 bits per heavy atom. The summed E-state index contributed by atoms with van der Waals surface area (Å²) >= 11 is 5.80. The Hall–Kier alpha value is -1.35. The average Bonchev–Trinajstić information content (AvgIpc) is 2.44. The van der Waals surface area contributed by atoms with Gasteiger partial charge in [0.2, 0.25) is 0 Å². The highest BCUT2D eigenvalue weighted by atomic mass is 35.5. The molecule has 1 heterocycles. The minimum Gasteiger partial charge on any atom is -0.410 e. The van der Waals surface area contributed by atoms with Crippen molar-refractivity contribution in [2.45, 2.75) is 25.8 Å². The lowest BCUT2D eigenvalue weighted by molar-refractivity contribution is -0.138. The highest BCUT2D eigenvalue weighted by Crippen LogP contribution is 2.25. The molecule has 3 nitrogen and oxygen atoms in total. The maximum atomic E-state index is 11.6. The quantitative estimate of drug-likeness (QED) is 0.742. The Labute approximate surface area is 99.1 Å². The zero-order valence-electron chi connectivity index (χ0n) is 9.16.